The molecule has 1 amide bonds. The Morgan fingerprint density at radius 2 is 1.87 bits per heavy atom. The highest BCUT2D eigenvalue weighted by atomic mass is 32.1. The summed E-state index contributed by atoms with van der Waals surface area (Å²) in [5, 5.41) is 9.00. The van der Waals surface area contributed by atoms with Crippen LogP contribution in [0.4, 0.5) is 0 Å². The van der Waals surface area contributed by atoms with Crippen LogP contribution in [0.1, 0.15) is 37.3 Å². The number of nitrogens with one attached hydrogen (secondary N) is 1. The lowest BCUT2D eigenvalue weighted by molar-refractivity contribution is -0.121. The summed E-state index contributed by atoms with van der Waals surface area (Å²) < 4.78 is 11.1. The van der Waals surface area contributed by atoms with Crippen molar-refractivity contribution in [1.82, 2.24) is 15.5 Å². The van der Waals surface area contributed by atoms with Crippen molar-refractivity contribution in [3.8, 4) is 22.0 Å². The summed E-state index contributed by atoms with van der Waals surface area (Å²) >= 11 is 1.60. The van der Waals surface area contributed by atoms with E-state index in [1.807, 2.05) is 60.0 Å². The Hall–Kier alpha value is -3.19. The lowest BCUT2D eigenvalue weighted by atomic mass is 10.2. The molecule has 4 aromatic rings. The fourth-order valence-corrected chi connectivity index (χ4v) is 3.91. The topological polar surface area (TPSA) is 81.2 Å². The molecule has 1 aromatic carbocycles. The van der Waals surface area contributed by atoms with Crippen LogP contribution in [0, 0.1) is 0 Å². The van der Waals surface area contributed by atoms with Crippen molar-refractivity contribution < 1.29 is 13.7 Å². The molecule has 0 saturated carbocycles. The van der Waals surface area contributed by atoms with E-state index >= 15 is 0 Å². The number of nitrogens with zero attached hydrogens (tertiary/aromatic N) is 2. The Bertz CT molecular complexity index is 1070. The van der Waals surface area contributed by atoms with E-state index in [4.69, 9.17) is 8.94 Å². The predicted molar refractivity (Wildman–Crippen MR) is 121 cm³/mol. The number of furan rings is 1. The molecule has 0 aliphatic carbocycles. The molecule has 4 rings (SSSR count). The fraction of sp³-hybridized carbons (Fsp3) is 0.292. The molecular formula is C24H25N3O3S. The highest BCUT2D eigenvalue weighted by Crippen LogP contribution is 2.23. The summed E-state index contributed by atoms with van der Waals surface area (Å²) in [7, 11) is 0. The molecule has 160 valence electrons. The number of thiophene rings is 1. The monoisotopic (exact) mass is 435 g/mol. The van der Waals surface area contributed by atoms with Crippen LogP contribution in [-0.2, 0) is 17.6 Å². The lowest BCUT2D eigenvalue weighted by Crippen LogP contribution is -2.24. The van der Waals surface area contributed by atoms with Crippen molar-refractivity contribution in [2.75, 3.05) is 6.54 Å². The number of rotatable bonds is 11. The molecule has 0 saturated heterocycles. The first kappa shape index (κ1) is 21.1. The predicted octanol–water partition coefficient (Wildman–Crippen LogP) is 5.52. The van der Waals surface area contributed by atoms with Crippen LogP contribution in [0.3, 0.4) is 0 Å². The SMILES string of the molecule is O=C(CCc1ccc(-c2ccccc2)o1)NCCCCCc1nc(-c2cccs2)no1. The van der Waals surface area contributed by atoms with E-state index in [1.165, 1.54) is 0 Å². The van der Waals surface area contributed by atoms with Gasteiger partial charge in [0.15, 0.2) is 0 Å². The van der Waals surface area contributed by atoms with E-state index in [-0.39, 0.29) is 5.91 Å². The van der Waals surface area contributed by atoms with E-state index in [1.54, 1.807) is 11.3 Å². The zero-order valence-electron chi connectivity index (χ0n) is 17.3. The van der Waals surface area contributed by atoms with Gasteiger partial charge in [0.25, 0.3) is 0 Å². The highest BCUT2D eigenvalue weighted by Gasteiger charge is 2.09. The van der Waals surface area contributed by atoms with E-state index in [2.05, 4.69) is 15.5 Å². The number of unbranched alkanes of at least 4 members (excludes halogenated alkanes) is 2. The summed E-state index contributed by atoms with van der Waals surface area (Å²) in [4.78, 5) is 17.5. The van der Waals surface area contributed by atoms with Crippen molar-refractivity contribution in [3.63, 3.8) is 0 Å². The zero-order valence-corrected chi connectivity index (χ0v) is 18.1. The Morgan fingerprint density at radius 1 is 0.968 bits per heavy atom. The standard InChI is InChI=1S/C24H25N3O3S/c28-22(15-13-19-12-14-20(29-19)18-8-3-1-4-9-18)25-16-6-2-5-11-23-26-24(27-30-23)21-10-7-17-31-21/h1,3-4,7-10,12,14,17H,2,5-6,11,13,15-16H2,(H,25,28). The first-order chi connectivity index (χ1) is 15.3. The third kappa shape index (κ3) is 6.15. The van der Waals surface area contributed by atoms with Crippen molar-refractivity contribution >= 4 is 17.2 Å². The Labute approximate surface area is 185 Å². The molecule has 1 N–H and O–H groups in total. The maximum atomic E-state index is 12.1. The molecule has 0 unspecified atom stereocenters. The fourth-order valence-electron chi connectivity index (χ4n) is 3.26. The van der Waals surface area contributed by atoms with E-state index in [0.717, 1.165) is 47.6 Å². The number of hydrogen-bond acceptors (Lipinski definition) is 6. The Morgan fingerprint density at radius 3 is 2.71 bits per heavy atom. The minimum Gasteiger partial charge on any atom is -0.461 e. The van der Waals surface area contributed by atoms with Crippen LogP contribution in [0.5, 0.6) is 0 Å². The van der Waals surface area contributed by atoms with Crippen LogP contribution < -0.4 is 5.32 Å². The number of aryl methyl sites for hydroxylation is 2. The molecule has 0 radical (unpaired) electrons. The van der Waals surface area contributed by atoms with Gasteiger partial charge in [-0.2, -0.15) is 4.98 Å². The van der Waals surface area contributed by atoms with Gasteiger partial charge in [-0.15, -0.1) is 11.3 Å². The number of amides is 1. The maximum absolute atomic E-state index is 12.1. The Balaban J connectivity index is 1.08. The van der Waals surface area contributed by atoms with E-state index in [9.17, 15) is 4.79 Å². The van der Waals surface area contributed by atoms with E-state index < -0.39 is 0 Å². The van der Waals surface area contributed by atoms with Crippen LogP contribution >= 0.6 is 11.3 Å². The second-order valence-corrected chi connectivity index (χ2v) is 8.23. The smallest absolute Gasteiger partial charge is 0.226 e. The number of benzene rings is 1. The number of hydrogen-bond donors (Lipinski definition) is 1. The molecule has 7 heteroatoms. The molecular weight excluding hydrogens is 410 g/mol. The summed E-state index contributed by atoms with van der Waals surface area (Å²) in [5.41, 5.74) is 1.04. The van der Waals surface area contributed by atoms with Crippen LogP contribution in [0.2, 0.25) is 0 Å². The minimum absolute atomic E-state index is 0.0511. The lowest BCUT2D eigenvalue weighted by Gasteiger charge is -2.04. The number of carbonyl (C=O) groups excluding carboxylic acids is 1. The second kappa shape index (κ2) is 10.7. The number of carbonyl (C=O) groups is 1. The van der Waals surface area contributed by atoms with Gasteiger partial charge in [-0.3, -0.25) is 4.79 Å². The largest absolute Gasteiger partial charge is 0.461 e. The summed E-state index contributed by atoms with van der Waals surface area (Å²) in [6, 6.07) is 17.8. The first-order valence-corrected chi connectivity index (χ1v) is 11.4. The minimum atomic E-state index is 0.0511. The van der Waals surface area contributed by atoms with Crippen LogP contribution in [0.15, 0.2) is 68.9 Å². The molecule has 0 aliphatic rings. The van der Waals surface area contributed by atoms with Gasteiger partial charge in [0.05, 0.1) is 4.88 Å². The molecule has 31 heavy (non-hydrogen) atoms. The van der Waals surface area contributed by atoms with E-state index in [0.29, 0.717) is 31.1 Å². The van der Waals surface area contributed by atoms with Crippen LogP contribution in [-0.4, -0.2) is 22.6 Å². The molecule has 3 heterocycles. The summed E-state index contributed by atoms with van der Waals surface area (Å²) in [6.07, 6.45) is 4.66. The van der Waals surface area contributed by atoms with Gasteiger partial charge >= 0.3 is 0 Å². The van der Waals surface area contributed by atoms with Crippen molar-refractivity contribution in [2.24, 2.45) is 0 Å². The number of aromatic nitrogens is 2. The zero-order chi connectivity index (χ0) is 21.3. The average Bonchev–Trinajstić information content (AvgIpc) is 3.56. The highest BCUT2D eigenvalue weighted by molar-refractivity contribution is 7.13. The second-order valence-electron chi connectivity index (χ2n) is 7.28. The van der Waals surface area contributed by atoms with Crippen molar-refractivity contribution in [3.05, 3.63) is 71.6 Å². The average molecular weight is 436 g/mol. The van der Waals surface area contributed by atoms with Gasteiger partial charge in [-0.05, 0) is 36.4 Å². The van der Waals surface area contributed by atoms with Gasteiger partial charge in [0, 0.05) is 31.4 Å². The quantitative estimate of drug-likeness (QED) is 0.314. The van der Waals surface area contributed by atoms with Gasteiger partial charge in [0.1, 0.15) is 11.5 Å². The van der Waals surface area contributed by atoms with Gasteiger partial charge in [-0.1, -0.05) is 48.0 Å². The van der Waals surface area contributed by atoms with Crippen molar-refractivity contribution in [2.45, 2.75) is 38.5 Å². The third-order valence-corrected chi connectivity index (χ3v) is 5.78. The summed E-state index contributed by atoms with van der Waals surface area (Å²) in [6.45, 7) is 0.677. The van der Waals surface area contributed by atoms with Crippen LogP contribution in [0.25, 0.3) is 22.0 Å². The molecule has 0 spiro atoms. The molecule has 6 nitrogen and oxygen atoms in total. The van der Waals surface area contributed by atoms with Gasteiger partial charge < -0.3 is 14.3 Å². The normalized spacial score (nSPS) is 11.0. The molecule has 0 fully saturated rings. The molecule has 3 aromatic heterocycles. The Kier molecular flexibility index (Phi) is 7.28. The van der Waals surface area contributed by atoms with Gasteiger partial charge in [-0.25, -0.2) is 0 Å². The first-order valence-electron chi connectivity index (χ1n) is 10.6. The third-order valence-electron chi connectivity index (χ3n) is 4.92. The van der Waals surface area contributed by atoms with Gasteiger partial charge in [0.2, 0.25) is 17.6 Å². The maximum Gasteiger partial charge on any atom is 0.226 e. The summed E-state index contributed by atoms with van der Waals surface area (Å²) in [5.74, 6) is 3.04. The molecule has 0 aliphatic heterocycles. The molecule has 0 bridgehead atoms. The van der Waals surface area contributed by atoms with Crippen molar-refractivity contribution in [1.29, 1.82) is 0 Å². The molecule has 0 atom stereocenters.